The number of nitriles is 1. The second-order valence-electron chi connectivity index (χ2n) is 12.5. The molecule has 5 heteroatoms. The van der Waals surface area contributed by atoms with Gasteiger partial charge in [-0.3, -0.25) is 0 Å². The quantitative estimate of drug-likeness (QED) is 0.200. The van der Waals surface area contributed by atoms with Crippen molar-refractivity contribution < 1.29 is 9.15 Å². The minimum Gasteiger partial charge on any atom is -0.456 e. The fraction of sp³-hybridized carbons (Fsp3) is 0.0714. The summed E-state index contributed by atoms with van der Waals surface area (Å²) in [6, 6.07) is 45.1. The summed E-state index contributed by atoms with van der Waals surface area (Å²) in [6.07, 6.45) is 0. The van der Waals surface area contributed by atoms with Crippen LogP contribution in [0, 0.1) is 11.3 Å². The molecule has 6 aromatic carbocycles. The summed E-state index contributed by atoms with van der Waals surface area (Å²) < 4.78 is 12.9. The molecule has 0 amide bonds. The predicted molar refractivity (Wildman–Crippen MR) is 186 cm³/mol. The Morgan fingerprint density at radius 2 is 1.36 bits per heavy atom. The molecule has 222 valence electrons. The molecule has 0 radical (unpaired) electrons. The summed E-state index contributed by atoms with van der Waals surface area (Å²) in [7, 11) is 0. The number of rotatable bonds is 3. The van der Waals surface area contributed by atoms with E-state index in [1.165, 1.54) is 0 Å². The highest BCUT2D eigenvalue weighted by molar-refractivity contribution is 6.06. The summed E-state index contributed by atoms with van der Waals surface area (Å²) in [5.41, 5.74) is 9.32. The number of hydrogen-bond acceptors (Lipinski definition) is 5. The molecule has 2 aromatic heterocycles. The Morgan fingerprint density at radius 3 is 2.23 bits per heavy atom. The van der Waals surface area contributed by atoms with Crippen molar-refractivity contribution in [2.75, 3.05) is 0 Å². The first-order valence-electron chi connectivity index (χ1n) is 15.6. The van der Waals surface area contributed by atoms with Gasteiger partial charge in [-0.15, -0.1) is 0 Å². The maximum atomic E-state index is 9.92. The van der Waals surface area contributed by atoms with Gasteiger partial charge in [0.2, 0.25) is 0 Å². The molecule has 1 aliphatic rings. The Balaban J connectivity index is 1.25. The monoisotopic (exact) mass is 605 g/mol. The van der Waals surface area contributed by atoms with Crippen molar-refractivity contribution in [2.45, 2.75) is 19.3 Å². The van der Waals surface area contributed by atoms with Gasteiger partial charge in [0.1, 0.15) is 22.7 Å². The van der Waals surface area contributed by atoms with Crippen LogP contribution >= 0.6 is 0 Å². The number of aromatic nitrogens is 2. The van der Waals surface area contributed by atoms with Crippen LogP contribution in [0.3, 0.4) is 0 Å². The van der Waals surface area contributed by atoms with Gasteiger partial charge in [-0.05, 0) is 42.0 Å². The Bertz CT molecular complexity index is 2610. The van der Waals surface area contributed by atoms with E-state index in [0.717, 1.165) is 77.7 Å². The molecule has 0 saturated carbocycles. The summed E-state index contributed by atoms with van der Waals surface area (Å²) >= 11 is 0. The van der Waals surface area contributed by atoms with Crippen molar-refractivity contribution in [3.63, 3.8) is 0 Å². The maximum absolute atomic E-state index is 9.92. The van der Waals surface area contributed by atoms with E-state index in [0.29, 0.717) is 17.1 Å². The van der Waals surface area contributed by atoms with Crippen LogP contribution in [0.4, 0.5) is 0 Å². The van der Waals surface area contributed by atoms with Gasteiger partial charge >= 0.3 is 0 Å². The van der Waals surface area contributed by atoms with Crippen LogP contribution in [0.2, 0.25) is 0 Å². The van der Waals surface area contributed by atoms with Crippen molar-refractivity contribution in [1.29, 1.82) is 5.26 Å². The lowest BCUT2D eigenvalue weighted by molar-refractivity contribution is 0.419. The zero-order valence-corrected chi connectivity index (χ0v) is 25.8. The van der Waals surface area contributed by atoms with Gasteiger partial charge in [0.15, 0.2) is 5.82 Å². The highest BCUT2D eigenvalue weighted by atomic mass is 16.5. The summed E-state index contributed by atoms with van der Waals surface area (Å²) in [5.74, 6) is 2.13. The normalized spacial score (nSPS) is 13.2. The lowest BCUT2D eigenvalue weighted by Crippen LogP contribution is -2.26. The lowest BCUT2D eigenvalue weighted by Gasteiger charge is -2.36. The number of benzene rings is 6. The van der Waals surface area contributed by atoms with Crippen molar-refractivity contribution >= 4 is 32.8 Å². The number of ether oxygens (including phenoxy) is 1. The largest absolute Gasteiger partial charge is 0.456 e. The molecule has 5 nitrogen and oxygen atoms in total. The van der Waals surface area contributed by atoms with Gasteiger partial charge in [0.05, 0.1) is 22.8 Å². The van der Waals surface area contributed by atoms with Crippen molar-refractivity contribution in [2.24, 2.45) is 0 Å². The van der Waals surface area contributed by atoms with E-state index in [-0.39, 0.29) is 0 Å². The molecule has 0 spiro atoms. The Morgan fingerprint density at radius 1 is 0.638 bits per heavy atom. The zero-order chi connectivity index (χ0) is 31.7. The van der Waals surface area contributed by atoms with Gasteiger partial charge in [0, 0.05) is 49.4 Å². The standard InChI is InChI=1S/C42H27N3O2/c1-42(2)33-17-10-16-31(40(33)47-36-20-9-11-26(24-43)38(36)42)27-12-3-4-14-30(27)39-32-15-5-7-18-34(32)44-41(45-39)25-21-22-29-28-13-6-8-19-35(28)46-37(29)23-25/h3-23H,1-2H3. The molecular weight excluding hydrogens is 578 g/mol. The van der Waals surface area contributed by atoms with Gasteiger partial charge < -0.3 is 9.15 Å². The summed E-state index contributed by atoms with van der Waals surface area (Å²) in [6.45, 7) is 4.32. The van der Waals surface area contributed by atoms with Crippen molar-refractivity contribution in [3.8, 4) is 51.3 Å². The number of para-hydroxylation sites is 3. The Labute approximate surface area is 271 Å². The average molecular weight is 606 g/mol. The number of fused-ring (bicyclic) bond motifs is 6. The molecule has 8 aromatic rings. The first-order chi connectivity index (χ1) is 23.0. The summed E-state index contributed by atoms with van der Waals surface area (Å²) in [4.78, 5) is 10.3. The van der Waals surface area contributed by atoms with Crippen molar-refractivity contribution in [3.05, 3.63) is 144 Å². The summed E-state index contributed by atoms with van der Waals surface area (Å²) in [5, 5.41) is 13.0. The third-order valence-corrected chi connectivity index (χ3v) is 9.38. The number of furan rings is 1. The van der Waals surface area contributed by atoms with Crippen LogP contribution in [0.5, 0.6) is 11.5 Å². The topological polar surface area (TPSA) is 71.9 Å². The van der Waals surface area contributed by atoms with Crippen LogP contribution in [0.1, 0.15) is 30.5 Å². The molecule has 0 N–H and O–H groups in total. The van der Waals surface area contributed by atoms with Crippen molar-refractivity contribution in [1.82, 2.24) is 9.97 Å². The fourth-order valence-corrected chi connectivity index (χ4v) is 7.15. The van der Waals surface area contributed by atoms with Crippen LogP contribution in [0.15, 0.2) is 132 Å². The maximum Gasteiger partial charge on any atom is 0.160 e. The molecule has 0 aliphatic carbocycles. The Hall–Kier alpha value is -6.25. The Kier molecular flexibility index (Phi) is 5.84. The van der Waals surface area contributed by atoms with E-state index in [4.69, 9.17) is 19.1 Å². The molecule has 1 aliphatic heterocycles. The molecule has 47 heavy (non-hydrogen) atoms. The molecule has 3 heterocycles. The van der Waals surface area contributed by atoms with Crippen LogP contribution in [-0.4, -0.2) is 9.97 Å². The molecule has 0 fully saturated rings. The first-order valence-corrected chi connectivity index (χ1v) is 15.6. The van der Waals surface area contributed by atoms with Gasteiger partial charge in [-0.2, -0.15) is 5.26 Å². The third-order valence-electron chi connectivity index (χ3n) is 9.38. The molecule has 0 unspecified atom stereocenters. The van der Waals surface area contributed by atoms with E-state index in [1.807, 2.05) is 72.8 Å². The molecule has 0 bridgehead atoms. The highest BCUT2D eigenvalue weighted by Crippen LogP contribution is 2.53. The lowest BCUT2D eigenvalue weighted by atomic mass is 9.73. The predicted octanol–water partition coefficient (Wildman–Crippen LogP) is 10.8. The van der Waals surface area contributed by atoms with E-state index in [2.05, 4.69) is 74.5 Å². The van der Waals surface area contributed by atoms with E-state index in [9.17, 15) is 5.26 Å². The van der Waals surface area contributed by atoms with Crippen LogP contribution < -0.4 is 4.74 Å². The second-order valence-corrected chi connectivity index (χ2v) is 12.5. The van der Waals surface area contributed by atoms with Gasteiger partial charge in [-0.1, -0.05) is 105 Å². The minimum absolute atomic E-state index is 0.440. The molecule has 0 saturated heterocycles. The second kappa shape index (κ2) is 10.1. The van der Waals surface area contributed by atoms with E-state index < -0.39 is 5.41 Å². The zero-order valence-electron chi connectivity index (χ0n) is 25.8. The molecule has 9 rings (SSSR count). The highest BCUT2D eigenvalue weighted by Gasteiger charge is 2.37. The van der Waals surface area contributed by atoms with E-state index in [1.54, 1.807) is 0 Å². The smallest absolute Gasteiger partial charge is 0.160 e. The van der Waals surface area contributed by atoms with Gasteiger partial charge in [0.25, 0.3) is 0 Å². The number of nitrogens with zero attached hydrogens (tertiary/aromatic N) is 3. The minimum atomic E-state index is -0.440. The SMILES string of the molecule is CC1(C)c2cccc(-c3ccccc3-c3nc(-c4ccc5c(c4)oc4ccccc45)nc4ccccc34)c2Oc2cccc(C#N)c21. The van der Waals surface area contributed by atoms with Gasteiger partial charge in [-0.25, -0.2) is 9.97 Å². The fourth-order valence-electron chi connectivity index (χ4n) is 7.15. The van der Waals surface area contributed by atoms with Crippen LogP contribution in [-0.2, 0) is 5.41 Å². The first kappa shape index (κ1) is 27.1. The van der Waals surface area contributed by atoms with Crippen LogP contribution in [0.25, 0.3) is 66.6 Å². The number of hydrogen-bond donors (Lipinski definition) is 0. The average Bonchev–Trinajstić information content (AvgIpc) is 3.49. The molecule has 0 atom stereocenters. The third kappa shape index (κ3) is 4.09. The molecular formula is C42H27N3O2. The van der Waals surface area contributed by atoms with E-state index >= 15 is 0 Å².